The van der Waals surface area contributed by atoms with Crippen LogP contribution in [0, 0.1) is 5.41 Å². The van der Waals surface area contributed by atoms with E-state index in [1.165, 1.54) is 0 Å². The molecule has 0 heterocycles. The van der Waals surface area contributed by atoms with Crippen LogP contribution in [0.4, 0.5) is 0 Å². The molecule has 5 nitrogen and oxygen atoms in total. The Balaban J connectivity index is 1.55. The van der Waals surface area contributed by atoms with Gasteiger partial charge in [0.2, 0.25) is 5.91 Å². The third-order valence-electron chi connectivity index (χ3n) is 5.13. The summed E-state index contributed by atoms with van der Waals surface area (Å²) >= 11 is 0. The first-order valence-corrected chi connectivity index (χ1v) is 8.76. The van der Waals surface area contributed by atoms with Crippen molar-refractivity contribution in [2.45, 2.75) is 32.2 Å². The number of carbonyl (C=O) groups excluding carboxylic acids is 1. The monoisotopic (exact) mass is 353 g/mol. The summed E-state index contributed by atoms with van der Waals surface area (Å²) in [6.07, 6.45) is 2.12. The van der Waals surface area contributed by atoms with Crippen LogP contribution in [-0.2, 0) is 16.1 Å². The molecular weight excluding hydrogens is 330 g/mol. The number of nitrogens with one attached hydrogen (secondary N) is 1. The number of carboxylic acids is 1. The van der Waals surface area contributed by atoms with Crippen LogP contribution in [0.25, 0.3) is 11.1 Å². The molecule has 0 bridgehead atoms. The van der Waals surface area contributed by atoms with Crippen molar-refractivity contribution in [1.29, 1.82) is 0 Å². The fraction of sp³-hybridized carbons (Fsp3) is 0.333. The summed E-state index contributed by atoms with van der Waals surface area (Å²) in [4.78, 5) is 23.4. The molecule has 1 amide bonds. The van der Waals surface area contributed by atoms with Crippen LogP contribution in [0.5, 0.6) is 5.75 Å². The molecule has 2 aromatic carbocycles. The fourth-order valence-corrected chi connectivity index (χ4v) is 3.24. The smallest absolute Gasteiger partial charge is 0.310 e. The van der Waals surface area contributed by atoms with Crippen LogP contribution < -0.4 is 10.1 Å². The topological polar surface area (TPSA) is 75.6 Å². The highest BCUT2D eigenvalue weighted by Crippen LogP contribution is 2.44. The molecule has 1 saturated carbocycles. The maximum atomic E-state index is 12.1. The Labute approximate surface area is 153 Å². The normalized spacial score (nSPS) is 15.0. The van der Waals surface area contributed by atoms with E-state index >= 15 is 0 Å². The minimum atomic E-state index is -0.859. The van der Waals surface area contributed by atoms with Crippen molar-refractivity contribution in [3.05, 3.63) is 54.1 Å². The average Bonchev–Trinajstić information content (AvgIpc) is 2.63. The molecule has 0 spiro atoms. The lowest BCUT2D eigenvalue weighted by Gasteiger charge is -2.36. The van der Waals surface area contributed by atoms with Crippen LogP contribution in [0.2, 0.25) is 0 Å². The molecule has 2 N–H and O–H groups in total. The number of hydrogen-bond donors (Lipinski definition) is 2. The van der Waals surface area contributed by atoms with Gasteiger partial charge in [-0.1, -0.05) is 42.8 Å². The molecule has 0 saturated heterocycles. The van der Waals surface area contributed by atoms with Gasteiger partial charge in [0.05, 0.1) is 12.5 Å². The number of hydrogen-bond acceptors (Lipinski definition) is 3. The number of aliphatic carboxylic acids is 1. The quantitative estimate of drug-likeness (QED) is 0.797. The Morgan fingerprint density at radius 1 is 1.04 bits per heavy atom. The first-order valence-electron chi connectivity index (χ1n) is 8.76. The molecule has 0 aliphatic heterocycles. The second-order valence-corrected chi connectivity index (χ2v) is 6.82. The molecule has 0 unspecified atom stereocenters. The molecule has 0 radical (unpaired) electrons. The van der Waals surface area contributed by atoms with Gasteiger partial charge in [-0.25, -0.2) is 0 Å². The van der Waals surface area contributed by atoms with E-state index in [2.05, 4.69) is 5.32 Å². The highest BCUT2D eigenvalue weighted by molar-refractivity contribution is 5.85. The van der Waals surface area contributed by atoms with Gasteiger partial charge in [-0.05, 0) is 41.7 Å². The van der Waals surface area contributed by atoms with Crippen LogP contribution in [0.3, 0.4) is 0 Å². The van der Waals surface area contributed by atoms with Crippen molar-refractivity contribution in [3.8, 4) is 16.9 Å². The Morgan fingerprint density at radius 2 is 1.62 bits per heavy atom. The zero-order valence-corrected chi connectivity index (χ0v) is 14.8. The lowest BCUT2D eigenvalue weighted by Crippen LogP contribution is -2.42. The van der Waals surface area contributed by atoms with Gasteiger partial charge in [-0.15, -0.1) is 0 Å². The lowest BCUT2D eigenvalue weighted by molar-refractivity contribution is -0.157. The van der Waals surface area contributed by atoms with Crippen LogP contribution in [-0.4, -0.2) is 24.1 Å². The minimum absolute atomic E-state index is 0.0618. The standard InChI is InChI=1S/C21H23NO4/c1-26-18-9-7-17(8-10-18)16-5-3-15(4-6-16)14-22-19(23)13-21(20(24)25)11-2-12-21/h3-10H,2,11-14H2,1H3,(H,22,23)(H,24,25). The predicted octanol–water partition coefficient (Wildman–Crippen LogP) is 3.62. The van der Waals surface area contributed by atoms with E-state index in [0.29, 0.717) is 19.4 Å². The maximum absolute atomic E-state index is 12.1. The minimum Gasteiger partial charge on any atom is -0.497 e. The summed E-state index contributed by atoms with van der Waals surface area (Å²) in [5, 5.41) is 12.1. The molecule has 0 aromatic heterocycles. The molecule has 1 aliphatic carbocycles. The molecule has 136 valence electrons. The first-order chi connectivity index (χ1) is 12.5. The van der Waals surface area contributed by atoms with Crippen molar-refractivity contribution in [3.63, 3.8) is 0 Å². The summed E-state index contributed by atoms with van der Waals surface area (Å²) in [5.74, 6) is -0.243. The molecule has 3 rings (SSSR count). The highest BCUT2D eigenvalue weighted by atomic mass is 16.5. The number of carbonyl (C=O) groups is 2. The van der Waals surface area contributed by atoms with Gasteiger partial charge in [0.15, 0.2) is 0 Å². The van der Waals surface area contributed by atoms with Crippen molar-refractivity contribution in [1.82, 2.24) is 5.32 Å². The van der Waals surface area contributed by atoms with Gasteiger partial charge >= 0.3 is 5.97 Å². The lowest BCUT2D eigenvalue weighted by atomic mass is 9.66. The molecule has 1 fully saturated rings. The van der Waals surface area contributed by atoms with Gasteiger partial charge in [-0.2, -0.15) is 0 Å². The number of benzene rings is 2. The summed E-state index contributed by atoms with van der Waals surface area (Å²) in [5.41, 5.74) is 2.31. The van der Waals surface area contributed by atoms with Gasteiger partial charge in [0.25, 0.3) is 0 Å². The van der Waals surface area contributed by atoms with Crippen LogP contribution in [0.1, 0.15) is 31.2 Å². The van der Waals surface area contributed by atoms with Gasteiger partial charge < -0.3 is 15.2 Å². The number of rotatable bonds is 7. The third kappa shape index (κ3) is 3.87. The van der Waals surface area contributed by atoms with E-state index in [9.17, 15) is 14.7 Å². The Morgan fingerprint density at radius 3 is 2.08 bits per heavy atom. The number of carboxylic acid groups (broad SMARTS) is 1. The Hall–Kier alpha value is -2.82. The summed E-state index contributed by atoms with van der Waals surface area (Å²) in [6.45, 7) is 0.400. The van der Waals surface area contributed by atoms with Gasteiger partial charge in [0.1, 0.15) is 5.75 Å². The Kier molecular flexibility index (Phi) is 5.26. The zero-order valence-electron chi connectivity index (χ0n) is 14.8. The van der Waals surface area contributed by atoms with E-state index < -0.39 is 11.4 Å². The SMILES string of the molecule is COc1ccc(-c2ccc(CNC(=O)CC3(C(=O)O)CCC3)cc2)cc1. The molecule has 1 aliphatic rings. The van der Waals surface area contributed by atoms with Crippen LogP contribution >= 0.6 is 0 Å². The maximum Gasteiger partial charge on any atom is 0.310 e. The van der Waals surface area contributed by atoms with Crippen molar-refractivity contribution < 1.29 is 19.4 Å². The second kappa shape index (κ2) is 7.60. The second-order valence-electron chi connectivity index (χ2n) is 6.82. The Bertz CT molecular complexity index is 777. The van der Waals surface area contributed by atoms with E-state index in [4.69, 9.17) is 4.74 Å². The van der Waals surface area contributed by atoms with E-state index in [1.807, 2.05) is 48.5 Å². The predicted molar refractivity (Wildman–Crippen MR) is 98.8 cm³/mol. The highest BCUT2D eigenvalue weighted by Gasteiger charge is 2.45. The first kappa shape index (κ1) is 18.0. The van der Waals surface area contributed by atoms with Crippen LogP contribution in [0.15, 0.2) is 48.5 Å². The molecular formula is C21H23NO4. The molecule has 26 heavy (non-hydrogen) atoms. The van der Waals surface area contributed by atoms with E-state index in [0.717, 1.165) is 28.9 Å². The molecule has 0 atom stereocenters. The number of ether oxygens (including phenoxy) is 1. The third-order valence-corrected chi connectivity index (χ3v) is 5.13. The van der Waals surface area contributed by atoms with Gasteiger partial charge in [-0.3, -0.25) is 9.59 Å². The van der Waals surface area contributed by atoms with E-state index in [1.54, 1.807) is 7.11 Å². The fourth-order valence-electron chi connectivity index (χ4n) is 3.24. The summed E-state index contributed by atoms with van der Waals surface area (Å²) in [6, 6.07) is 15.8. The summed E-state index contributed by atoms with van der Waals surface area (Å²) in [7, 11) is 1.64. The van der Waals surface area contributed by atoms with Crippen molar-refractivity contribution >= 4 is 11.9 Å². The largest absolute Gasteiger partial charge is 0.497 e. The zero-order chi connectivity index (χ0) is 18.6. The molecule has 2 aromatic rings. The van der Waals surface area contributed by atoms with E-state index in [-0.39, 0.29) is 12.3 Å². The average molecular weight is 353 g/mol. The molecule has 5 heteroatoms. The van der Waals surface area contributed by atoms with Crippen molar-refractivity contribution in [2.75, 3.05) is 7.11 Å². The number of amides is 1. The van der Waals surface area contributed by atoms with Crippen molar-refractivity contribution in [2.24, 2.45) is 5.41 Å². The van der Waals surface area contributed by atoms with Gasteiger partial charge in [0, 0.05) is 13.0 Å². The summed E-state index contributed by atoms with van der Waals surface area (Å²) < 4.78 is 5.16. The number of methoxy groups -OCH3 is 1.